The lowest BCUT2D eigenvalue weighted by Crippen LogP contribution is -2.47. The lowest BCUT2D eigenvalue weighted by Gasteiger charge is -2.53. The smallest absolute Gasteiger partial charge is 0.309 e. The predicted octanol–water partition coefficient (Wildman–Crippen LogP) is 5.60. The summed E-state index contributed by atoms with van der Waals surface area (Å²) in [4.78, 5) is 37.3. The number of hydrogen-bond donors (Lipinski definition) is 0. The number of rotatable bonds is 6. The van der Waals surface area contributed by atoms with Crippen molar-refractivity contribution in [2.24, 2.45) is 34.5 Å². The van der Waals surface area contributed by atoms with E-state index in [0.29, 0.717) is 11.8 Å². The molecule has 7 atom stereocenters. The maximum atomic E-state index is 13.2. The molecule has 0 aromatic heterocycles. The fourth-order valence-corrected chi connectivity index (χ4v) is 7.48. The van der Waals surface area contributed by atoms with Gasteiger partial charge < -0.3 is 4.74 Å². The van der Waals surface area contributed by atoms with Gasteiger partial charge in [0.1, 0.15) is 6.61 Å². The predicted molar refractivity (Wildman–Crippen MR) is 125 cm³/mol. The second-order valence-electron chi connectivity index (χ2n) is 10.7. The van der Waals surface area contributed by atoms with E-state index in [-0.39, 0.29) is 52.2 Å². The number of Topliss-reactive ketones (excluding diaryl/α,β-unsaturated/α-hetero) is 1. The molecular formula is C27H35ClO4. The molecule has 4 nitrogen and oxygen atoms in total. The summed E-state index contributed by atoms with van der Waals surface area (Å²) in [7, 11) is 0. The van der Waals surface area contributed by atoms with Gasteiger partial charge in [-0.3, -0.25) is 14.4 Å². The fraction of sp³-hybridized carbons (Fsp3) is 0.667. The zero-order chi connectivity index (χ0) is 23.3. The summed E-state index contributed by atoms with van der Waals surface area (Å²) < 4.78 is 5.40. The third kappa shape index (κ3) is 3.73. The Morgan fingerprint density at radius 1 is 1.25 bits per heavy atom. The maximum absolute atomic E-state index is 13.2. The van der Waals surface area contributed by atoms with Crippen LogP contribution in [0.25, 0.3) is 0 Å². The zero-order valence-corrected chi connectivity index (χ0v) is 20.4. The molecule has 0 heterocycles. The van der Waals surface area contributed by atoms with E-state index in [1.54, 1.807) is 12.2 Å². The van der Waals surface area contributed by atoms with Gasteiger partial charge in [-0.1, -0.05) is 44.9 Å². The highest BCUT2D eigenvalue weighted by Crippen LogP contribution is 2.64. The van der Waals surface area contributed by atoms with Crippen molar-refractivity contribution in [3.8, 4) is 0 Å². The second kappa shape index (κ2) is 8.59. The van der Waals surface area contributed by atoms with Gasteiger partial charge in [0, 0.05) is 11.3 Å². The Labute approximate surface area is 196 Å². The Bertz CT molecular complexity index is 915. The minimum atomic E-state index is -0.308. The molecule has 174 valence electrons. The number of ketones is 2. The number of ether oxygens (including phenoxy) is 1. The molecule has 0 aromatic carbocycles. The second-order valence-corrected chi connectivity index (χ2v) is 11.2. The van der Waals surface area contributed by atoms with E-state index < -0.39 is 0 Å². The van der Waals surface area contributed by atoms with Gasteiger partial charge in [0.15, 0.2) is 11.6 Å². The number of hydrogen-bond acceptors (Lipinski definition) is 4. The van der Waals surface area contributed by atoms with Crippen molar-refractivity contribution in [3.63, 3.8) is 0 Å². The van der Waals surface area contributed by atoms with Gasteiger partial charge >= 0.3 is 5.97 Å². The SMILES string of the molecule is CCCC(C)C(=O)OCC(=O)[C@H]1CC[C@H]2[C@@H]3C[C@H](Cl)C4=CC(=O)C=C[C@]4(C)C3=CC[C@]12C. The first kappa shape index (κ1) is 23.5. The van der Waals surface area contributed by atoms with E-state index in [0.717, 1.165) is 44.1 Å². The highest BCUT2D eigenvalue weighted by molar-refractivity contribution is 6.23. The molecule has 32 heavy (non-hydrogen) atoms. The number of carbonyl (C=O) groups is 3. The van der Waals surface area contributed by atoms with E-state index in [9.17, 15) is 14.4 Å². The summed E-state index contributed by atoms with van der Waals surface area (Å²) in [5, 5.41) is -0.172. The number of carbonyl (C=O) groups excluding carboxylic acids is 3. The number of fused-ring (bicyclic) bond motifs is 5. The third-order valence-electron chi connectivity index (χ3n) is 8.80. The van der Waals surface area contributed by atoms with Crippen molar-refractivity contribution < 1.29 is 19.1 Å². The molecule has 0 saturated heterocycles. The van der Waals surface area contributed by atoms with Gasteiger partial charge in [-0.05, 0) is 74.0 Å². The molecule has 0 bridgehead atoms. The first-order valence-corrected chi connectivity index (χ1v) is 12.5. The largest absolute Gasteiger partial charge is 0.457 e. The van der Waals surface area contributed by atoms with Gasteiger partial charge in [0.05, 0.1) is 11.3 Å². The van der Waals surface area contributed by atoms with E-state index in [1.807, 2.05) is 19.9 Å². The van der Waals surface area contributed by atoms with Crippen LogP contribution in [0.3, 0.4) is 0 Å². The molecule has 1 unspecified atom stereocenters. The first-order chi connectivity index (χ1) is 15.1. The highest BCUT2D eigenvalue weighted by atomic mass is 35.5. The van der Waals surface area contributed by atoms with Crippen LogP contribution in [0.1, 0.15) is 66.2 Å². The fourth-order valence-electron chi connectivity index (χ4n) is 6.99. The lowest BCUT2D eigenvalue weighted by atomic mass is 9.52. The normalized spacial score (nSPS) is 38.7. The van der Waals surface area contributed by atoms with Crippen molar-refractivity contribution in [2.75, 3.05) is 6.61 Å². The maximum Gasteiger partial charge on any atom is 0.309 e. The van der Waals surface area contributed by atoms with E-state index in [2.05, 4.69) is 19.9 Å². The van der Waals surface area contributed by atoms with Crippen LogP contribution in [-0.2, 0) is 19.1 Å². The minimum absolute atomic E-state index is 0.0113. The molecule has 4 rings (SSSR count). The molecule has 0 radical (unpaired) electrons. The van der Waals surface area contributed by atoms with Crippen LogP contribution in [0.15, 0.2) is 35.5 Å². The zero-order valence-electron chi connectivity index (χ0n) is 19.7. The van der Waals surface area contributed by atoms with E-state index >= 15 is 0 Å². The van der Waals surface area contributed by atoms with E-state index in [4.69, 9.17) is 16.3 Å². The summed E-state index contributed by atoms with van der Waals surface area (Å²) in [5.74, 6) is 0.212. The average molecular weight is 459 g/mol. The summed E-state index contributed by atoms with van der Waals surface area (Å²) in [5.41, 5.74) is 1.92. The highest BCUT2D eigenvalue weighted by Gasteiger charge is 2.58. The van der Waals surface area contributed by atoms with Crippen LogP contribution in [0.4, 0.5) is 0 Å². The summed E-state index contributed by atoms with van der Waals surface area (Å²) in [6, 6.07) is 0. The molecule has 2 fully saturated rings. The Balaban J connectivity index is 1.53. The molecule has 5 heteroatoms. The standard InChI is InChI=1S/C27H35ClO4/c1-5-6-16(2)25(31)32-15-24(30)21-8-7-19-18-14-23(28)22-13-17(29)9-11-27(22,4)20(18)10-12-26(19,21)3/h9-11,13,16,18-19,21,23H,5-8,12,14-15H2,1-4H3/t16?,18-,19-,21+,23-,26-,27+/m0/s1. The summed E-state index contributed by atoms with van der Waals surface area (Å²) in [6.45, 7) is 8.19. The number of allylic oxidation sites excluding steroid dienone is 6. The van der Waals surface area contributed by atoms with Gasteiger partial charge in [0.25, 0.3) is 0 Å². The van der Waals surface area contributed by atoms with Crippen LogP contribution in [0.5, 0.6) is 0 Å². The quantitative estimate of drug-likeness (QED) is 0.295. The van der Waals surface area contributed by atoms with Crippen LogP contribution in [-0.4, -0.2) is 29.5 Å². The van der Waals surface area contributed by atoms with Crippen LogP contribution in [0.2, 0.25) is 0 Å². The van der Waals surface area contributed by atoms with Gasteiger partial charge in [-0.2, -0.15) is 0 Å². The molecule has 0 spiro atoms. The van der Waals surface area contributed by atoms with Gasteiger partial charge in [0.2, 0.25) is 0 Å². The first-order valence-electron chi connectivity index (χ1n) is 12.1. The van der Waals surface area contributed by atoms with Crippen molar-refractivity contribution in [1.82, 2.24) is 0 Å². The Hall–Kier alpha value is -1.68. The molecule has 0 N–H and O–H groups in total. The Kier molecular flexibility index (Phi) is 6.30. The molecule has 4 aliphatic rings. The molecule has 0 aliphatic heterocycles. The van der Waals surface area contributed by atoms with Crippen molar-refractivity contribution >= 4 is 29.1 Å². The minimum Gasteiger partial charge on any atom is -0.457 e. The van der Waals surface area contributed by atoms with Crippen LogP contribution in [0, 0.1) is 34.5 Å². The topological polar surface area (TPSA) is 60.4 Å². The van der Waals surface area contributed by atoms with Crippen molar-refractivity contribution in [3.05, 3.63) is 35.5 Å². The summed E-state index contributed by atoms with van der Waals surface area (Å²) in [6.07, 6.45) is 12.9. The molecule has 4 aliphatic carbocycles. The molecule has 0 amide bonds. The molecular weight excluding hydrogens is 424 g/mol. The lowest BCUT2D eigenvalue weighted by molar-refractivity contribution is -0.153. The molecule has 0 aromatic rings. The number of halogens is 1. The van der Waals surface area contributed by atoms with Crippen LogP contribution >= 0.6 is 11.6 Å². The van der Waals surface area contributed by atoms with E-state index in [1.165, 1.54) is 5.57 Å². The third-order valence-corrected chi connectivity index (χ3v) is 9.22. The van der Waals surface area contributed by atoms with Crippen molar-refractivity contribution in [1.29, 1.82) is 0 Å². The van der Waals surface area contributed by atoms with Gasteiger partial charge in [-0.25, -0.2) is 0 Å². The van der Waals surface area contributed by atoms with Gasteiger partial charge in [-0.15, -0.1) is 11.6 Å². The summed E-state index contributed by atoms with van der Waals surface area (Å²) >= 11 is 6.83. The monoisotopic (exact) mass is 458 g/mol. The number of esters is 1. The number of alkyl halides is 1. The Morgan fingerprint density at radius 2 is 2.00 bits per heavy atom. The van der Waals surface area contributed by atoms with Crippen LogP contribution < -0.4 is 0 Å². The Morgan fingerprint density at radius 3 is 2.72 bits per heavy atom. The van der Waals surface area contributed by atoms with Crippen molar-refractivity contribution in [2.45, 2.75) is 71.6 Å². The molecule has 2 saturated carbocycles. The average Bonchev–Trinajstić information content (AvgIpc) is 3.11.